The number of dihydropyridines is 1. The first-order valence-electron chi connectivity index (χ1n) is 2.91. The van der Waals surface area contributed by atoms with E-state index in [0.717, 1.165) is 6.21 Å². The van der Waals surface area contributed by atoms with Gasteiger partial charge in [0.05, 0.1) is 0 Å². The van der Waals surface area contributed by atoms with E-state index < -0.39 is 18.4 Å². The third-order valence-corrected chi connectivity index (χ3v) is 1.53. The highest BCUT2D eigenvalue weighted by molar-refractivity contribution is 6.58. The van der Waals surface area contributed by atoms with Crippen LogP contribution in [0.5, 0.6) is 0 Å². The lowest BCUT2D eigenvalue weighted by atomic mass is 9.79. The number of carbonyl (C=O) groups excluding carboxylic acids is 1. The molecule has 1 heterocycles. The number of rotatable bonds is 1. The smallest absolute Gasteiger partial charge is 0.423 e. The summed E-state index contributed by atoms with van der Waals surface area (Å²) in [6.07, 6.45) is 2.34. The molecule has 0 bridgehead atoms. The molecule has 0 aromatic carbocycles. The topological polar surface area (TPSA) is 69.9 Å². The predicted octanol–water partition coefficient (Wildman–Crippen LogP) is -0.857. The standard InChI is InChI=1S/C5H5BClNO3/c7-4-1-3(6(10)11)2-8-5(4)9/h1-2,4,10-11H. The summed E-state index contributed by atoms with van der Waals surface area (Å²) in [6, 6.07) is 0. The van der Waals surface area contributed by atoms with Crippen LogP contribution in [0.25, 0.3) is 0 Å². The quantitative estimate of drug-likeness (QED) is 0.400. The van der Waals surface area contributed by atoms with Gasteiger partial charge in [-0.15, -0.1) is 11.6 Å². The molecule has 6 heteroatoms. The predicted molar refractivity (Wildman–Crippen MR) is 41.4 cm³/mol. The fourth-order valence-electron chi connectivity index (χ4n) is 0.645. The summed E-state index contributed by atoms with van der Waals surface area (Å²) in [5.41, 5.74) is 0.143. The van der Waals surface area contributed by atoms with Gasteiger partial charge in [-0.3, -0.25) is 4.79 Å². The number of hydrogen-bond acceptors (Lipinski definition) is 3. The van der Waals surface area contributed by atoms with Gasteiger partial charge in [0.2, 0.25) is 0 Å². The second-order valence-electron chi connectivity index (χ2n) is 2.04. The van der Waals surface area contributed by atoms with E-state index in [1.807, 2.05) is 0 Å². The SMILES string of the molecule is O=C1N=CC(B(O)O)=CC1Cl. The molecular formula is C5H5BClNO3. The number of hydrogen-bond donors (Lipinski definition) is 2. The molecule has 0 saturated heterocycles. The Labute approximate surface area is 68.3 Å². The van der Waals surface area contributed by atoms with Crippen molar-refractivity contribution in [3.63, 3.8) is 0 Å². The zero-order valence-electron chi connectivity index (χ0n) is 5.44. The average Bonchev–Trinajstić information content (AvgIpc) is 1.94. The molecule has 0 spiro atoms. The van der Waals surface area contributed by atoms with Crippen LogP contribution in [0.2, 0.25) is 0 Å². The van der Waals surface area contributed by atoms with Crippen molar-refractivity contribution in [1.29, 1.82) is 0 Å². The molecule has 0 radical (unpaired) electrons. The zero-order valence-corrected chi connectivity index (χ0v) is 6.19. The summed E-state index contributed by atoms with van der Waals surface area (Å²) >= 11 is 5.44. The van der Waals surface area contributed by atoms with E-state index in [4.69, 9.17) is 21.6 Å². The summed E-state index contributed by atoms with van der Waals surface area (Å²) in [5, 5.41) is 16.3. The maximum atomic E-state index is 10.6. The van der Waals surface area contributed by atoms with Crippen LogP contribution in [0.15, 0.2) is 16.5 Å². The van der Waals surface area contributed by atoms with Gasteiger partial charge in [-0.1, -0.05) is 6.08 Å². The van der Waals surface area contributed by atoms with Crippen molar-refractivity contribution < 1.29 is 14.8 Å². The summed E-state index contributed by atoms with van der Waals surface area (Å²) in [7, 11) is -1.62. The summed E-state index contributed by atoms with van der Waals surface area (Å²) < 4.78 is 0. The summed E-state index contributed by atoms with van der Waals surface area (Å²) in [4.78, 5) is 14.0. The van der Waals surface area contributed by atoms with Gasteiger partial charge in [0.1, 0.15) is 5.38 Å². The van der Waals surface area contributed by atoms with Gasteiger partial charge in [0.25, 0.3) is 5.91 Å². The van der Waals surface area contributed by atoms with E-state index in [1.54, 1.807) is 0 Å². The van der Waals surface area contributed by atoms with Crippen molar-refractivity contribution in [3.8, 4) is 0 Å². The number of carbonyl (C=O) groups is 1. The highest BCUT2D eigenvalue weighted by Gasteiger charge is 2.22. The molecule has 1 amide bonds. The van der Waals surface area contributed by atoms with Crippen LogP contribution in [0.4, 0.5) is 0 Å². The van der Waals surface area contributed by atoms with E-state index in [0.29, 0.717) is 0 Å². The minimum Gasteiger partial charge on any atom is -0.423 e. The molecule has 0 fully saturated rings. The number of halogens is 1. The molecule has 0 aromatic rings. The van der Waals surface area contributed by atoms with Crippen LogP contribution >= 0.6 is 11.6 Å². The fraction of sp³-hybridized carbons (Fsp3) is 0.200. The van der Waals surface area contributed by atoms with E-state index in [2.05, 4.69) is 4.99 Å². The molecule has 0 saturated carbocycles. The van der Waals surface area contributed by atoms with Crippen molar-refractivity contribution in [3.05, 3.63) is 11.5 Å². The Hall–Kier alpha value is -0.645. The number of alkyl halides is 1. The van der Waals surface area contributed by atoms with Gasteiger partial charge in [-0.05, 0) is 5.47 Å². The molecule has 1 aliphatic heterocycles. The second-order valence-corrected chi connectivity index (χ2v) is 2.51. The second kappa shape index (κ2) is 3.17. The highest BCUT2D eigenvalue weighted by Crippen LogP contribution is 2.09. The Bertz CT molecular complexity index is 238. The molecular weight excluding hydrogens is 168 g/mol. The maximum absolute atomic E-state index is 10.6. The Morgan fingerprint density at radius 3 is 2.73 bits per heavy atom. The van der Waals surface area contributed by atoms with Crippen molar-refractivity contribution >= 4 is 30.8 Å². The van der Waals surface area contributed by atoms with Crippen LogP contribution in [-0.4, -0.2) is 34.7 Å². The molecule has 0 aromatic heterocycles. The molecule has 4 nitrogen and oxygen atoms in total. The summed E-state index contributed by atoms with van der Waals surface area (Å²) in [6.45, 7) is 0. The van der Waals surface area contributed by atoms with Crippen LogP contribution in [0.3, 0.4) is 0 Å². The molecule has 2 N–H and O–H groups in total. The monoisotopic (exact) mass is 173 g/mol. The first-order chi connectivity index (χ1) is 5.11. The Balaban J connectivity index is 2.80. The minimum absolute atomic E-state index is 0.143. The first-order valence-corrected chi connectivity index (χ1v) is 3.35. The number of amides is 1. The van der Waals surface area contributed by atoms with Crippen LogP contribution in [0, 0.1) is 0 Å². The molecule has 1 aliphatic rings. The highest BCUT2D eigenvalue weighted by atomic mass is 35.5. The van der Waals surface area contributed by atoms with Gasteiger partial charge in [-0.25, -0.2) is 4.99 Å². The normalized spacial score (nSPS) is 23.4. The average molecular weight is 173 g/mol. The van der Waals surface area contributed by atoms with Gasteiger partial charge < -0.3 is 10.0 Å². The molecule has 1 unspecified atom stereocenters. The van der Waals surface area contributed by atoms with Crippen LogP contribution in [0.1, 0.15) is 0 Å². The largest absolute Gasteiger partial charge is 0.489 e. The number of allylic oxidation sites excluding steroid dienone is 1. The molecule has 0 aliphatic carbocycles. The van der Waals surface area contributed by atoms with E-state index in [9.17, 15) is 4.79 Å². The first kappa shape index (κ1) is 8.45. The van der Waals surface area contributed by atoms with E-state index >= 15 is 0 Å². The third-order valence-electron chi connectivity index (χ3n) is 1.21. The van der Waals surface area contributed by atoms with Gasteiger partial charge >= 0.3 is 7.12 Å². The Kier molecular flexibility index (Phi) is 2.43. The zero-order chi connectivity index (χ0) is 8.43. The van der Waals surface area contributed by atoms with Gasteiger partial charge in [0.15, 0.2) is 0 Å². The minimum atomic E-state index is -1.62. The fourth-order valence-corrected chi connectivity index (χ4v) is 0.847. The van der Waals surface area contributed by atoms with E-state index in [1.165, 1.54) is 6.08 Å². The third kappa shape index (κ3) is 1.89. The van der Waals surface area contributed by atoms with Crippen molar-refractivity contribution in [2.45, 2.75) is 5.38 Å². The Morgan fingerprint density at radius 1 is 1.64 bits per heavy atom. The number of nitrogens with zero attached hydrogens (tertiary/aromatic N) is 1. The maximum Gasteiger partial charge on any atom is 0.489 e. The lowest BCUT2D eigenvalue weighted by molar-refractivity contribution is -0.116. The molecule has 11 heavy (non-hydrogen) atoms. The van der Waals surface area contributed by atoms with Crippen molar-refractivity contribution in [1.82, 2.24) is 0 Å². The number of aliphatic imine (C=N–C) groups is 1. The van der Waals surface area contributed by atoms with Crippen LogP contribution < -0.4 is 0 Å². The summed E-state index contributed by atoms with van der Waals surface area (Å²) in [5.74, 6) is -0.490. The van der Waals surface area contributed by atoms with Crippen LogP contribution in [-0.2, 0) is 4.79 Å². The molecule has 1 rings (SSSR count). The van der Waals surface area contributed by atoms with Gasteiger partial charge in [-0.2, -0.15) is 0 Å². The van der Waals surface area contributed by atoms with Crippen molar-refractivity contribution in [2.24, 2.45) is 4.99 Å². The van der Waals surface area contributed by atoms with Crippen molar-refractivity contribution in [2.75, 3.05) is 0 Å². The lowest BCUT2D eigenvalue weighted by Gasteiger charge is -2.07. The Morgan fingerprint density at radius 2 is 2.27 bits per heavy atom. The molecule has 1 atom stereocenters. The van der Waals surface area contributed by atoms with Gasteiger partial charge in [0, 0.05) is 6.21 Å². The lowest BCUT2D eigenvalue weighted by Crippen LogP contribution is -2.24. The van der Waals surface area contributed by atoms with E-state index in [-0.39, 0.29) is 5.47 Å². The molecule has 58 valence electrons.